The van der Waals surface area contributed by atoms with Gasteiger partial charge in [0.1, 0.15) is 0 Å². The van der Waals surface area contributed by atoms with E-state index in [1.165, 1.54) is 31.2 Å². The quantitative estimate of drug-likeness (QED) is 0.203. The highest BCUT2D eigenvalue weighted by Gasteiger charge is 2.75. The van der Waals surface area contributed by atoms with Crippen molar-refractivity contribution >= 4 is 15.9 Å². The zero-order chi connectivity index (χ0) is 27.1. The van der Waals surface area contributed by atoms with E-state index in [1.54, 1.807) is 0 Å². The molecule has 1 aromatic heterocycles. The Morgan fingerprint density at radius 3 is 1.95 bits per heavy atom. The summed E-state index contributed by atoms with van der Waals surface area (Å²) in [6, 6.07) is 36.3. The summed E-state index contributed by atoms with van der Waals surface area (Å²) in [6.07, 6.45) is 5.95. The molecule has 0 radical (unpaired) electrons. The molecule has 0 aliphatic heterocycles. The third-order valence-corrected chi connectivity index (χ3v) is 11.4. The first-order chi connectivity index (χ1) is 20.1. The SMILES string of the molecule is Brc1cccc(-c2cccc(-c3nc(-c4ccccc4)nc(-c4ccc(C5CC67CC8CC6CC5[C@H]87)cc4)n3)c2)c1. The van der Waals surface area contributed by atoms with Gasteiger partial charge >= 0.3 is 0 Å². The minimum Gasteiger partial charge on any atom is -0.208 e. The molecule has 200 valence electrons. The highest BCUT2D eigenvalue weighted by atomic mass is 79.9. The van der Waals surface area contributed by atoms with Crippen molar-refractivity contribution in [3.63, 3.8) is 0 Å². The second-order valence-corrected chi connectivity index (χ2v) is 13.7. The monoisotopic (exact) mass is 595 g/mol. The normalized spacial score (nSPS) is 28.6. The molecule has 5 aliphatic rings. The lowest BCUT2D eigenvalue weighted by molar-refractivity contribution is 0.0614. The Labute approximate surface area is 249 Å². The number of hydrogen-bond acceptors (Lipinski definition) is 3. The molecule has 4 aromatic carbocycles. The minimum absolute atomic E-state index is 0.692. The molecule has 1 heterocycles. The molecule has 6 atom stereocenters. The molecule has 5 aromatic rings. The maximum atomic E-state index is 5.03. The number of hydrogen-bond donors (Lipinski definition) is 0. The first-order valence-electron chi connectivity index (χ1n) is 14.9. The molecule has 1 spiro atoms. The lowest BCUT2D eigenvalue weighted by Gasteiger charge is -2.42. The molecule has 0 N–H and O–H groups in total. The van der Waals surface area contributed by atoms with Crippen LogP contribution in [0.15, 0.2) is 108 Å². The van der Waals surface area contributed by atoms with Gasteiger partial charge < -0.3 is 0 Å². The van der Waals surface area contributed by atoms with E-state index in [4.69, 9.17) is 15.0 Å². The molecule has 5 aliphatic carbocycles. The summed E-state index contributed by atoms with van der Waals surface area (Å²) in [5.41, 5.74) is 7.54. The average Bonchev–Trinajstić information content (AvgIpc) is 3.69. The van der Waals surface area contributed by atoms with Crippen molar-refractivity contribution in [1.29, 1.82) is 0 Å². The van der Waals surface area contributed by atoms with E-state index in [-0.39, 0.29) is 0 Å². The molecule has 0 amide bonds. The maximum absolute atomic E-state index is 5.03. The molecular formula is C37H30BrN3. The van der Waals surface area contributed by atoms with Crippen molar-refractivity contribution in [1.82, 2.24) is 15.0 Å². The van der Waals surface area contributed by atoms with Gasteiger partial charge in [0.05, 0.1) is 0 Å². The van der Waals surface area contributed by atoms with Gasteiger partial charge in [0.25, 0.3) is 0 Å². The molecule has 5 unspecified atom stereocenters. The molecule has 0 saturated heterocycles. The Balaban J connectivity index is 1.09. The van der Waals surface area contributed by atoms with Gasteiger partial charge in [0.2, 0.25) is 0 Å². The third kappa shape index (κ3) is 3.66. The summed E-state index contributed by atoms with van der Waals surface area (Å²) in [5, 5.41) is 0. The second-order valence-electron chi connectivity index (χ2n) is 12.8. The van der Waals surface area contributed by atoms with Crippen LogP contribution < -0.4 is 0 Å². The number of benzene rings is 4. The van der Waals surface area contributed by atoms with Crippen molar-refractivity contribution in [2.45, 2.75) is 31.6 Å². The van der Waals surface area contributed by atoms with E-state index < -0.39 is 0 Å². The van der Waals surface area contributed by atoms with Crippen LogP contribution in [0.25, 0.3) is 45.3 Å². The van der Waals surface area contributed by atoms with Crippen LogP contribution in [0, 0.1) is 29.1 Å². The van der Waals surface area contributed by atoms with Gasteiger partial charge in [-0.15, -0.1) is 0 Å². The first-order valence-corrected chi connectivity index (χ1v) is 15.7. The van der Waals surface area contributed by atoms with Gasteiger partial charge in [-0.25, -0.2) is 15.0 Å². The highest BCUT2D eigenvalue weighted by Crippen LogP contribution is 2.83. The molecule has 10 rings (SSSR count). The van der Waals surface area contributed by atoms with Gasteiger partial charge in [0, 0.05) is 21.2 Å². The van der Waals surface area contributed by atoms with Crippen LogP contribution in [0.2, 0.25) is 0 Å². The second kappa shape index (κ2) is 8.93. The fourth-order valence-electron chi connectivity index (χ4n) is 9.37. The smallest absolute Gasteiger partial charge is 0.164 e. The topological polar surface area (TPSA) is 38.7 Å². The van der Waals surface area contributed by atoms with Crippen LogP contribution >= 0.6 is 15.9 Å². The van der Waals surface area contributed by atoms with Crippen molar-refractivity contribution < 1.29 is 0 Å². The summed E-state index contributed by atoms with van der Waals surface area (Å²) < 4.78 is 1.06. The Hall–Kier alpha value is -3.63. The predicted octanol–water partition coefficient (Wildman–Crippen LogP) is 9.45. The summed E-state index contributed by atoms with van der Waals surface area (Å²) >= 11 is 3.61. The molecule has 4 heteroatoms. The van der Waals surface area contributed by atoms with E-state index in [2.05, 4.69) is 94.8 Å². The lowest BCUT2D eigenvalue weighted by Crippen LogP contribution is -2.36. The van der Waals surface area contributed by atoms with Crippen molar-refractivity contribution in [3.8, 4) is 45.3 Å². The van der Waals surface area contributed by atoms with E-state index in [0.717, 1.165) is 73.1 Å². The Bertz CT molecular complexity index is 1800. The summed E-state index contributed by atoms with van der Waals surface area (Å²) in [5.74, 6) is 6.90. The summed E-state index contributed by atoms with van der Waals surface area (Å²) in [7, 11) is 0. The van der Waals surface area contributed by atoms with Crippen molar-refractivity contribution in [2.75, 3.05) is 0 Å². The van der Waals surface area contributed by atoms with Crippen molar-refractivity contribution in [3.05, 3.63) is 113 Å². The van der Waals surface area contributed by atoms with E-state index in [9.17, 15) is 0 Å². The number of aromatic nitrogens is 3. The number of halogens is 1. The highest BCUT2D eigenvalue weighted by molar-refractivity contribution is 9.10. The maximum Gasteiger partial charge on any atom is 0.164 e. The lowest BCUT2D eigenvalue weighted by atomic mass is 9.62. The van der Waals surface area contributed by atoms with Gasteiger partial charge in [-0.1, -0.05) is 101 Å². The van der Waals surface area contributed by atoms with Gasteiger partial charge in [0.15, 0.2) is 17.5 Å². The third-order valence-electron chi connectivity index (χ3n) is 10.9. The molecule has 3 nitrogen and oxygen atoms in total. The molecular weight excluding hydrogens is 566 g/mol. The zero-order valence-corrected chi connectivity index (χ0v) is 24.3. The molecule has 5 saturated carbocycles. The molecule has 5 fully saturated rings. The Kier molecular flexibility index (Phi) is 5.23. The minimum atomic E-state index is 0.692. The van der Waals surface area contributed by atoms with Gasteiger partial charge in [-0.2, -0.15) is 0 Å². The van der Waals surface area contributed by atoms with Gasteiger partial charge in [-0.3, -0.25) is 0 Å². The Morgan fingerprint density at radius 1 is 0.585 bits per heavy atom. The fourth-order valence-corrected chi connectivity index (χ4v) is 9.77. The van der Waals surface area contributed by atoms with Gasteiger partial charge in [-0.05, 0) is 95.6 Å². The average molecular weight is 597 g/mol. The van der Waals surface area contributed by atoms with Crippen molar-refractivity contribution in [2.24, 2.45) is 29.1 Å². The van der Waals surface area contributed by atoms with E-state index >= 15 is 0 Å². The largest absolute Gasteiger partial charge is 0.208 e. The molecule has 41 heavy (non-hydrogen) atoms. The first kappa shape index (κ1) is 24.0. The number of nitrogens with zero attached hydrogens (tertiary/aromatic N) is 3. The zero-order valence-electron chi connectivity index (χ0n) is 22.7. The summed E-state index contributed by atoms with van der Waals surface area (Å²) in [6.45, 7) is 0. The fraction of sp³-hybridized carbons (Fsp3) is 0.270. The molecule has 5 bridgehead atoms. The van der Waals surface area contributed by atoms with Crippen LogP contribution in [0.4, 0.5) is 0 Å². The van der Waals surface area contributed by atoms with Crippen LogP contribution in [-0.4, -0.2) is 15.0 Å². The predicted molar refractivity (Wildman–Crippen MR) is 167 cm³/mol. The Morgan fingerprint density at radius 2 is 1.22 bits per heavy atom. The van der Waals surface area contributed by atoms with E-state index in [0.29, 0.717) is 11.6 Å². The van der Waals surface area contributed by atoms with Crippen LogP contribution in [-0.2, 0) is 0 Å². The standard InChI is InChI=1S/C37H30BrN3/c38-30-11-5-9-26(18-30)25-8-4-10-27(16-25)36-40-34(23-6-2-1-3-7-23)39-35(41-36)24-14-12-22(13-15-24)32-21-37-20-28-17-29(37)19-31(32)33(28)37/h1-16,18,28-29,31-33H,17,19-21H2/t28?,29?,31?,32?,33-,37?/m0/s1. The van der Waals surface area contributed by atoms with Crippen LogP contribution in [0.1, 0.15) is 37.2 Å². The van der Waals surface area contributed by atoms with E-state index in [1.807, 2.05) is 24.3 Å². The van der Waals surface area contributed by atoms with Crippen LogP contribution in [0.3, 0.4) is 0 Å². The summed E-state index contributed by atoms with van der Waals surface area (Å²) in [4.78, 5) is 15.0. The van der Waals surface area contributed by atoms with Crippen LogP contribution in [0.5, 0.6) is 0 Å². The number of rotatable bonds is 5.